The second-order valence-electron chi connectivity index (χ2n) is 5.31. The molecular weight excluding hydrogens is 242 g/mol. The Labute approximate surface area is 113 Å². The fraction of sp³-hybridized carbons (Fsp3) is 0.429. The molecule has 0 radical (unpaired) electrons. The molecule has 0 spiro atoms. The second-order valence-corrected chi connectivity index (χ2v) is 5.31. The Morgan fingerprint density at radius 1 is 1.21 bits per heavy atom. The van der Waals surface area contributed by atoms with Gasteiger partial charge in [-0.1, -0.05) is 6.07 Å². The van der Waals surface area contributed by atoms with Gasteiger partial charge in [-0.3, -0.25) is 9.59 Å². The lowest BCUT2D eigenvalue weighted by atomic mass is 10.1. The van der Waals surface area contributed by atoms with Gasteiger partial charge < -0.3 is 16.0 Å². The molecule has 3 N–H and O–H groups in total. The van der Waals surface area contributed by atoms with E-state index in [1.165, 1.54) is 0 Å². The average molecular weight is 263 g/mol. The monoisotopic (exact) mass is 263 g/mol. The number of benzene rings is 1. The van der Waals surface area contributed by atoms with Crippen LogP contribution in [0.2, 0.25) is 0 Å². The van der Waals surface area contributed by atoms with E-state index in [-0.39, 0.29) is 23.9 Å². The molecule has 1 rings (SSSR count). The lowest BCUT2D eigenvalue weighted by molar-refractivity contribution is -0.118. The molecule has 0 heterocycles. The van der Waals surface area contributed by atoms with Crippen molar-refractivity contribution in [2.24, 2.45) is 0 Å². The Bertz CT molecular complexity index is 464. The van der Waals surface area contributed by atoms with Crippen molar-refractivity contribution in [3.8, 4) is 0 Å². The summed E-state index contributed by atoms with van der Waals surface area (Å²) in [6.45, 7) is 5.97. The third-order valence-electron chi connectivity index (χ3n) is 2.35. The molecule has 5 nitrogen and oxygen atoms in total. The second kappa shape index (κ2) is 6.22. The van der Waals surface area contributed by atoms with E-state index in [2.05, 4.69) is 16.0 Å². The van der Waals surface area contributed by atoms with Gasteiger partial charge in [-0.25, -0.2) is 0 Å². The summed E-state index contributed by atoms with van der Waals surface area (Å²) in [7, 11) is 1.58. The van der Waals surface area contributed by atoms with Crippen molar-refractivity contribution < 1.29 is 9.59 Å². The third kappa shape index (κ3) is 5.42. The predicted octanol–water partition coefficient (Wildman–Crippen LogP) is 1.37. The molecule has 0 atom stereocenters. The van der Waals surface area contributed by atoms with Crippen LogP contribution in [0.3, 0.4) is 0 Å². The van der Waals surface area contributed by atoms with Crippen molar-refractivity contribution in [2.75, 3.05) is 18.9 Å². The first-order valence-electron chi connectivity index (χ1n) is 6.19. The Morgan fingerprint density at radius 3 is 2.47 bits per heavy atom. The lowest BCUT2D eigenvalue weighted by Gasteiger charge is -2.20. The van der Waals surface area contributed by atoms with Crippen molar-refractivity contribution in [3.63, 3.8) is 0 Å². The zero-order chi connectivity index (χ0) is 14.5. The van der Waals surface area contributed by atoms with Gasteiger partial charge in [-0.2, -0.15) is 0 Å². The van der Waals surface area contributed by atoms with Gasteiger partial charge >= 0.3 is 0 Å². The summed E-state index contributed by atoms with van der Waals surface area (Å²) in [6, 6.07) is 7.07. The van der Waals surface area contributed by atoms with Crippen LogP contribution in [0.4, 0.5) is 5.69 Å². The van der Waals surface area contributed by atoms with Crippen LogP contribution in [0.25, 0.3) is 0 Å². The molecule has 0 aromatic heterocycles. The van der Waals surface area contributed by atoms with Crippen molar-refractivity contribution in [3.05, 3.63) is 29.8 Å². The van der Waals surface area contributed by atoms with Gasteiger partial charge in [0.25, 0.3) is 5.91 Å². The third-order valence-corrected chi connectivity index (χ3v) is 2.35. The fourth-order valence-corrected chi connectivity index (χ4v) is 1.45. The molecule has 2 amide bonds. The molecule has 0 aliphatic carbocycles. The number of nitrogens with one attached hydrogen (secondary N) is 3. The minimum absolute atomic E-state index is 0.107. The van der Waals surface area contributed by atoms with Crippen molar-refractivity contribution in [1.82, 2.24) is 10.6 Å². The van der Waals surface area contributed by atoms with Crippen LogP contribution < -0.4 is 16.0 Å². The van der Waals surface area contributed by atoms with E-state index in [9.17, 15) is 9.59 Å². The van der Waals surface area contributed by atoms with E-state index in [0.717, 1.165) is 5.69 Å². The van der Waals surface area contributed by atoms with E-state index in [4.69, 9.17) is 0 Å². The molecule has 5 heteroatoms. The predicted molar refractivity (Wildman–Crippen MR) is 76.2 cm³/mol. The maximum atomic E-state index is 12.0. The van der Waals surface area contributed by atoms with Crippen LogP contribution in [0.1, 0.15) is 31.1 Å². The molecule has 104 valence electrons. The number of likely N-dealkylation sites (N-methyl/N-ethyl adjacent to an activating group) is 1. The number of carbonyl (C=O) groups is 2. The number of rotatable bonds is 4. The summed E-state index contributed by atoms with van der Waals surface area (Å²) in [5.74, 6) is -0.236. The first kappa shape index (κ1) is 15.0. The van der Waals surface area contributed by atoms with E-state index >= 15 is 0 Å². The van der Waals surface area contributed by atoms with Crippen molar-refractivity contribution >= 4 is 17.5 Å². The zero-order valence-electron chi connectivity index (χ0n) is 11.8. The van der Waals surface area contributed by atoms with Gasteiger partial charge in [0.15, 0.2) is 0 Å². The standard InChI is InChI=1S/C14H21N3O2/c1-14(2,3)17-13(19)10-6-5-7-11(8-10)16-9-12(18)15-4/h5-8,16H,9H2,1-4H3,(H,15,18)(H,17,19). The van der Waals surface area contributed by atoms with E-state index in [1.54, 1.807) is 25.2 Å². The van der Waals surface area contributed by atoms with Crippen LogP contribution in [-0.2, 0) is 4.79 Å². The number of hydrogen-bond donors (Lipinski definition) is 3. The van der Waals surface area contributed by atoms with E-state index in [1.807, 2.05) is 26.8 Å². The molecule has 0 unspecified atom stereocenters. The Hall–Kier alpha value is -2.04. The number of carbonyl (C=O) groups excluding carboxylic acids is 2. The van der Waals surface area contributed by atoms with Gasteiger partial charge in [0.2, 0.25) is 5.91 Å². The number of hydrogen-bond acceptors (Lipinski definition) is 3. The fourth-order valence-electron chi connectivity index (χ4n) is 1.45. The Morgan fingerprint density at radius 2 is 1.89 bits per heavy atom. The van der Waals surface area contributed by atoms with Crippen LogP contribution in [-0.4, -0.2) is 30.9 Å². The summed E-state index contributed by atoms with van der Waals surface area (Å²) in [5, 5.41) is 8.38. The van der Waals surface area contributed by atoms with Crippen LogP contribution >= 0.6 is 0 Å². The Kier molecular flexibility index (Phi) is 4.92. The SMILES string of the molecule is CNC(=O)CNc1cccc(C(=O)NC(C)(C)C)c1. The first-order chi connectivity index (χ1) is 8.81. The molecule has 0 fully saturated rings. The molecule has 19 heavy (non-hydrogen) atoms. The van der Waals surface area contributed by atoms with E-state index < -0.39 is 0 Å². The molecule has 0 saturated carbocycles. The molecule has 0 saturated heterocycles. The zero-order valence-corrected chi connectivity index (χ0v) is 11.8. The summed E-state index contributed by atoms with van der Waals surface area (Å²) >= 11 is 0. The molecular formula is C14H21N3O2. The highest BCUT2D eigenvalue weighted by Gasteiger charge is 2.15. The smallest absolute Gasteiger partial charge is 0.251 e. The van der Waals surface area contributed by atoms with Gasteiger partial charge in [-0.15, -0.1) is 0 Å². The first-order valence-corrected chi connectivity index (χ1v) is 6.19. The molecule has 0 aliphatic rings. The van der Waals surface area contributed by atoms with Crippen LogP contribution in [0, 0.1) is 0 Å². The number of anilines is 1. The van der Waals surface area contributed by atoms with Gasteiger partial charge in [0.05, 0.1) is 6.54 Å². The van der Waals surface area contributed by atoms with Gasteiger partial charge in [0, 0.05) is 23.8 Å². The van der Waals surface area contributed by atoms with Crippen LogP contribution in [0.5, 0.6) is 0 Å². The van der Waals surface area contributed by atoms with Gasteiger partial charge in [0.1, 0.15) is 0 Å². The Balaban J connectivity index is 2.71. The lowest BCUT2D eigenvalue weighted by Crippen LogP contribution is -2.40. The molecule has 1 aromatic rings. The molecule has 1 aromatic carbocycles. The quantitative estimate of drug-likeness (QED) is 0.768. The van der Waals surface area contributed by atoms with Crippen molar-refractivity contribution in [1.29, 1.82) is 0 Å². The van der Waals surface area contributed by atoms with Gasteiger partial charge in [-0.05, 0) is 39.0 Å². The highest BCUT2D eigenvalue weighted by molar-refractivity contribution is 5.95. The molecule has 0 aliphatic heterocycles. The van der Waals surface area contributed by atoms with Crippen molar-refractivity contribution in [2.45, 2.75) is 26.3 Å². The maximum Gasteiger partial charge on any atom is 0.251 e. The minimum Gasteiger partial charge on any atom is -0.376 e. The number of amides is 2. The van der Waals surface area contributed by atoms with Crippen LogP contribution in [0.15, 0.2) is 24.3 Å². The topological polar surface area (TPSA) is 70.2 Å². The summed E-state index contributed by atoms with van der Waals surface area (Å²) in [6.07, 6.45) is 0. The molecule has 0 bridgehead atoms. The highest BCUT2D eigenvalue weighted by Crippen LogP contribution is 2.11. The minimum atomic E-state index is -0.275. The average Bonchev–Trinajstić information content (AvgIpc) is 2.34. The largest absolute Gasteiger partial charge is 0.376 e. The summed E-state index contributed by atoms with van der Waals surface area (Å²) < 4.78 is 0. The summed E-state index contributed by atoms with van der Waals surface area (Å²) in [5.41, 5.74) is 1.03. The maximum absolute atomic E-state index is 12.0. The summed E-state index contributed by atoms with van der Waals surface area (Å²) in [4.78, 5) is 23.1. The normalized spacial score (nSPS) is 10.7. The van der Waals surface area contributed by atoms with E-state index in [0.29, 0.717) is 5.56 Å². The highest BCUT2D eigenvalue weighted by atomic mass is 16.2.